The number of hydrogen-bond acceptors (Lipinski definition) is 4. The highest BCUT2D eigenvalue weighted by Crippen LogP contribution is 2.17. The van der Waals surface area contributed by atoms with E-state index in [1.807, 2.05) is 37.2 Å². The Morgan fingerprint density at radius 3 is 2.54 bits per heavy atom. The maximum atomic E-state index is 11.8. The monoisotopic (exact) mass is 474 g/mol. The fourth-order valence-corrected chi connectivity index (χ4v) is 2.70. The molecule has 0 unspecified atom stereocenters. The van der Waals surface area contributed by atoms with Gasteiger partial charge in [-0.05, 0) is 25.0 Å². The molecule has 1 aromatic heterocycles. The minimum absolute atomic E-state index is 0. The number of likely N-dealkylation sites (N-methyl/N-ethyl adjacent to an activating group) is 1. The molecule has 0 aliphatic heterocycles. The number of rotatable bonds is 6. The van der Waals surface area contributed by atoms with E-state index in [4.69, 9.17) is 0 Å². The molecule has 1 aliphatic carbocycles. The molecule has 1 fully saturated rings. The Kier molecular flexibility index (Phi) is 9.68. The van der Waals surface area contributed by atoms with Crippen LogP contribution in [0.4, 0.5) is 5.82 Å². The molecule has 1 aromatic rings. The number of pyridine rings is 1. The highest BCUT2D eigenvalue weighted by molar-refractivity contribution is 14.0. The average Bonchev–Trinajstić information content (AvgIpc) is 3.10. The standard InChI is InChI=1S/C18H30N6O.HI/c1-23(2)16-11-7-10-15(21-16)12-19-18(20-13-17(25)24(3)4)22-14-8-5-6-9-14;/h7,10-11,14H,5-6,8-9,12-13H2,1-4H3,(H2,19,20,22);1H. The number of guanidine groups is 1. The SMILES string of the molecule is CN(C)C(=O)CNC(=NCc1cccc(N(C)C)n1)NC1CCCC1.I. The van der Waals surface area contributed by atoms with Crippen LogP contribution in [0.2, 0.25) is 0 Å². The molecule has 0 saturated heterocycles. The van der Waals surface area contributed by atoms with Crippen molar-refractivity contribution < 1.29 is 4.79 Å². The van der Waals surface area contributed by atoms with E-state index in [-0.39, 0.29) is 36.4 Å². The Labute approximate surface area is 173 Å². The molecule has 0 bridgehead atoms. The van der Waals surface area contributed by atoms with Gasteiger partial charge in [-0.2, -0.15) is 0 Å². The Morgan fingerprint density at radius 1 is 1.23 bits per heavy atom. The molecular weight excluding hydrogens is 443 g/mol. The summed E-state index contributed by atoms with van der Waals surface area (Å²) in [4.78, 5) is 24.6. The Balaban J connectivity index is 0.00000338. The highest BCUT2D eigenvalue weighted by Gasteiger charge is 2.16. The number of anilines is 1. The largest absolute Gasteiger partial charge is 0.363 e. The van der Waals surface area contributed by atoms with Crippen molar-refractivity contribution in [2.24, 2.45) is 4.99 Å². The molecule has 1 saturated carbocycles. The quantitative estimate of drug-likeness (QED) is 0.374. The molecule has 8 heteroatoms. The molecule has 1 aliphatic rings. The van der Waals surface area contributed by atoms with Crippen molar-refractivity contribution in [3.8, 4) is 0 Å². The second-order valence-corrected chi connectivity index (χ2v) is 6.81. The van der Waals surface area contributed by atoms with Crippen molar-refractivity contribution in [2.75, 3.05) is 39.6 Å². The summed E-state index contributed by atoms with van der Waals surface area (Å²) in [7, 11) is 7.44. The zero-order chi connectivity index (χ0) is 18.2. The summed E-state index contributed by atoms with van der Waals surface area (Å²) in [6.45, 7) is 0.705. The minimum Gasteiger partial charge on any atom is -0.363 e. The van der Waals surface area contributed by atoms with Gasteiger partial charge in [-0.25, -0.2) is 9.98 Å². The van der Waals surface area contributed by atoms with E-state index >= 15 is 0 Å². The van der Waals surface area contributed by atoms with E-state index in [2.05, 4.69) is 20.6 Å². The molecule has 2 rings (SSSR count). The molecule has 1 heterocycles. The average molecular weight is 474 g/mol. The van der Waals surface area contributed by atoms with Crippen LogP contribution in [0.15, 0.2) is 23.2 Å². The van der Waals surface area contributed by atoms with Crippen LogP contribution in [0.25, 0.3) is 0 Å². The lowest BCUT2D eigenvalue weighted by atomic mass is 10.2. The van der Waals surface area contributed by atoms with Gasteiger partial charge in [-0.3, -0.25) is 4.79 Å². The number of aromatic nitrogens is 1. The molecule has 7 nitrogen and oxygen atoms in total. The maximum absolute atomic E-state index is 11.8. The first kappa shape index (κ1) is 22.5. The van der Waals surface area contributed by atoms with Gasteiger partial charge in [0.05, 0.1) is 18.8 Å². The van der Waals surface area contributed by atoms with Gasteiger partial charge in [0.15, 0.2) is 5.96 Å². The molecule has 1 amide bonds. The first-order valence-corrected chi connectivity index (χ1v) is 8.84. The second kappa shape index (κ2) is 11.2. The second-order valence-electron chi connectivity index (χ2n) is 6.81. The first-order valence-electron chi connectivity index (χ1n) is 8.84. The number of halogens is 1. The molecule has 26 heavy (non-hydrogen) atoms. The fraction of sp³-hybridized carbons (Fsp3) is 0.611. The number of amides is 1. The Hall–Kier alpha value is -1.58. The van der Waals surface area contributed by atoms with E-state index in [1.165, 1.54) is 12.8 Å². The highest BCUT2D eigenvalue weighted by atomic mass is 127. The van der Waals surface area contributed by atoms with Crippen molar-refractivity contribution in [2.45, 2.75) is 38.3 Å². The summed E-state index contributed by atoms with van der Waals surface area (Å²) in [5.41, 5.74) is 0.901. The van der Waals surface area contributed by atoms with E-state index in [9.17, 15) is 4.79 Å². The molecule has 2 N–H and O–H groups in total. The predicted molar refractivity (Wildman–Crippen MR) is 117 cm³/mol. The van der Waals surface area contributed by atoms with Crippen molar-refractivity contribution >= 4 is 41.7 Å². The summed E-state index contributed by atoms with van der Waals surface area (Å²) >= 11 is 0. The third-order valence-electron chi connectivity index (χ3n) is 4.25. The van der Waals surface area contributed by atoms with Gasteiger partial charge in [0.2, 0.25) is 5.91 Å². The van der Waals surface area contributed by atoms with Crippen LogP contribution in [0, 0.1) is 0 Å². The van der Waals surface area contributed by atoms with Crippen LogP contribution in [-0.4, -0.2) is 62.5 Å². The molecular formula is C18H31IN6O. The number of carbonyl (C=O) groups is 1. The Morgan fingerprint density at radius 2 is 1.92 bits per heavy atom. The molecule has 0 spiro atoms. The maximum Gasteiger partial charge on any atom is 0.241 e. The smallest absolute Gasteiger partial charge is 0.241 e. The van der Waals surface area contributed by atoms with Crippen molar-refractivity contribution in [1.82, 2.24) is 20.5 Å². The third-order valence-corrected chi connectivity index (χ3v) is 4.25. The van der Waals surface area contributed by atoms with E-state index in [0.29, 0.717) is 18.5 Å². The van der Waals surface area contributed by atoms with Crippen molar-refractivity contribution in [1.29, 1.82) is 0 Å². The summed E-state index contributed by atoms with van der Waals surface area (Å²) in [6, 6.07) is 6.36. The third kappa shape index (κ3) is 7.35. The van der Waals surface area contributed by atoms with Gasteiger partial charge >= 0.3 is 0 Å². The topological polar surface area (TPSA) is 72.9 Å². The number of hydrogen-bond donors (Lipinski definition) is 2. The van der Waals surface area contributed by atoms with Gasteiger partial charge in [0.1, 0.15) is 5.82 Å². The molecule has 0 atom stereocenters. The number of carbonyl (C=O) groups excluding carboxylic acids is 1. The van der Waals surface area contributed by atoms with Gasteiger partial charge in [0.25, 0.3) is 0 Å². The number of aliphatic imine (C=N–C) groups is 1. The zero-order valence-electron chi connectivity index (χ0n) is 16.2. The van der Waals surface area contributed by atoms with Crippen LogP contribution >= 0.6 is 24.0 Å². The van der Waals surface area contributed by atoms with Gasteiger partial charge in [-0.15, -0.1) is 24.0 Å². The van der Waals surface area contributed by atoms with E-state index in [1.54, 1.807) is 19.0 Å². The van der Waals surface area contributed by atoms with Crippen molar-refractivity contribution in [3.05, 3.63) is 23.9 Å². The lowest BCUT2D eigenvalue weighted by Crippen LogP contribution is -2.46. The van der Waals surface area contributed by atoms with Crippen LogP contribution in [-0.2, 0) is 11.3 Å². The minimum atomic E-state index is 0. The van der Waals surface area contributed by atoms with Gasteiger partial charge in [0, 0.05) is 34.2 Å². The normalized spacial score (nSPS) is 14.5. The van der Waals surface area contributed by atoms with Crippen molar-refractivity contribution in [3.63, 3.8) is 0 Å². The Bertz CT molecular complexity index is 599. The van der Waals surface area contributed by atoms with E-state index in [0.717, 1.165) is 24.4 Å². The summed E-state index contributed by atoms with van der Waals surface area (Å²) < 4.78 is 0. The molecule has 0 radical (unpaired) electrons. The predicted octanol–water partition coefficient (Wildman–Crippen LogP) is 1.83. The van der Waals surface area contributed by atoms with Crippen LogP contribution in [0.5, 0.6) is 0 Å². The summed E-state index contributed by atoms with van der Waals surface area (Å²) in [5.74, 6) is 1.61. The number of nitrogens with zero attached hydrogens (tertiary/aromatic N) is 4. The summed E-state index contributed by atoms with van der Waals surface area (Å²) in [5, 5.41) is 6.59. The van der Waals surface area contributed by atoms with Gasteiger partial charge < -0.3 is 20.4 Å². The van der Waals surface area contributed by atoms with Crippen LogP contribution < -0.4 is 15.5 Å². The van der Waals surface area contributed by atoms with E-state index < -0.39 is 0 Å². The lowest BCUT2D eigenvalue weighted by molar-refractivity contribution is -0.127. The molecule has 0 aromatic carbocycles. The van der Waals surface area contributed by atoms with Crippen LogP contribution in [0.1, 0.15) is 31.4 Å². The summed E-state index contributed by atoms with van der Waals surface area (Å²) in [6.07, 6.45) is 4.79. The fourth-order valence-electron chi connectivity index (χ4n) is 2.70. The van der Waals surface area contributed by atoms with Gasteiger partial charge in [-0.1, -0.05) is 18.9 Å². The zero-order valence-corrected chi connectivity index (χ0v) is 18.5. The van der Waals surface area contributed by atoms with Crippen LogP contribution in [0.3, 0.4) is 0 Å². The lowest BCUT2D eigenvalue weighted by Gasteiger charge is -2.18. The molecule has 146 valence electrons. The number of nitrogens with one attached hydrogen (secondary N) is 2. The first-order chi connectivity index (χ1) is 12.0.